The number of halogens is 4. The van der Waals surface area contributed by atoms with Crippen molar-refractivity contribution in [1.29, 1.82) is 0 Å². The van der Waals surface area contributed by atoms with Gasteiger partial charge in [0, 0.05) is 43.2 Å². The summed E-state index contributed by atoms with van der Waals surface area (Å²) in [6.07, 6.45) is 0.250. The second-order valence-electron chi connectivity index (χ2n) is 7.22. The van der Waals surface area contributed by atoms with Crippen LogP contribution in [0.2, 0.25) is 10.0 Å². The van der Waals surface area contributed by atoms with Gasteiger partial charge in [0.25, 0.3) is 0 Å². The van der Waals surface area contributed by atoms with Crippen LogP contribution in [-0.2, 0) is 4.74 Å². The van der Waals surface area contributed by atoms with Gasteiger partial charge in [-0.3, -0.25) is 0 Å². The summed E-state index contributed by atoms with van der Waals surface area (Å²) in [5, 5.41) is 16.6. The van der Waals surface area contributed by atoms with E-state index in [4.69, 9.17) is 32.7 Å². The van der Waals surface area contributed by atoms with E-state index in [1.54, 1.807) is 0 Å². The molecule has 0 saturated carbocycles. The average Bonchev–Trinajstić information content (AvgIpc) is 2.71. The molecule has 0 aromatic heterocycles. The fourth-order valence-corrected chi connectivity index (χ4v) is 5.70. The Morgan fingerprint density at radius 1 is 0.935 bits per heavy atom. The maximum atomic E-state index is 11.8. The van der Waals surface area contributed by atoms with Crippen LogP contribution >= 0.6 is 55.1 Å². The maximum Gasteiger partial charge on any atom is 0.198 e. The standard InChI is InChI=1S/C24H20Br2Cl2O3/c1-3-30-21-11-19(25)17-9-13(27)5-7-15(17)22(21)23-16-8-6-14(28)10-18(16)20(26)12-24(23,29)31-4-2/h5-11,29H,3-4,12H2,1-2H3/t24-/m0/s1. The molecule has 1 atom stereocenters. The van der Waals surface area contributed by atoms with Crippen LogP contribution < -0.4 is 15.2 Å². The molecule has 4 rings (SSSR count). The third-order valence-corrected chi connectivity index (χ3v) is 7.11. The summed E-state index contributed by atoms with van der Waals surface area (Å²) in [4.78, 5) is 0. The molecule has 0 unspecified atom stereocenters. The van der Waals surface area contributed by atoms with Crippen LogP contribution in [0.4, 0.5) is 0 Å². The van der Waals surface area contributed by atoms with Crippen molar-refractivity contribution >= 4 is 75.9 Å². The van der Waals surface area contributed by atoms with E-state index in [0.29, 0.717) is 34.6 Å². The first-order chi connectivity index (χ1) is 14.8. The smallest absolute Gasteiger partial charge is 0.198 e. The molecule has 0 spiro atoms. The SMILES string of the molecule is CCOc1cc(Br)c2cc(Cl)ccc2c1C1=c2ccc(Cl)cc2=C(Br)C[C@]1(O)OCC. The Labute approximate surface area is 207 Å². The van der Waals surface area contributed by atoms with E-state index in [0.717, 1.165) is 35.7 Å². The molecule has 0 radical (unpaired) electrons. The molecule has 0 heterocycles. The van der Waals surface area contributed by atoms with Gasteiger partial charge >= 0.3 is 0 Å². The minimum absolute atomic E-state index is 0.250. The molecule has 0 saturated heterocycles. The van der Waals surface area contributed by atoms with Gasteiger partial charge in [-0.05, 0) is 65.4 Å². The number of benzene rings is 3. The van der Waals surface area contributed by atoms with Crippen LogP contribution in [0.1, 0.15) is 25.8 Å². The van der Waals surface area contributed by atoms with Crippen molar-refractivity contribution in [1.82, 2.24) is 0 Å². The lowest BCUT2D eigenvalue weighted by molar-refractivity contribution is -0.150. The Morgan fingerprint density at radius 3 is 2.35 bits per heavy atom. The number of hydrogen-bond acceptors (Lipinski definition) is 3. The van der Waals surface area contributed by atoms with Gasteiger partial charge in [-0.1, -0.05) is 67.2 Å². The van der Waals surface area contributed by atoms with Crippen LogP contribution in [-0.4, -0.2) is 24.1 Å². The lowest BCUT2D eigenvalue weighted by Gasteiger charge is -2.35. The Bertz CT molecular complexity index is 1310. The molecule has 1 aliphatic rings. The molecule has 0 fully saturated rings. The summed E-state index contributed by atoms with van der Waals surface area (Å²) in [5.74, 6) is -0.906. The zero-order valence-electron chi connectivity index (χ0n) is 16.9. The highest BCUT2D eigenvalue weighted by molar-refractivity contribution is 9.14. The van der Waals surface area contributed by atoms with E-state index in [1.807, 2.05) is 56.3 Å². The lowest BCUT2D eigenvalue weighted by Crippen LogP contribution is -2.46. The van der Waals surface area contributed by atoms with Gasteiger partial charge in [0.05, 0.1) is 6.61 Å². The molecule has 1 aliphatic carbocycles. The summed E-state index contributed by atoms with van der Waals surface area (Å²) in [5.41, 5.74) is 1.42. The first-order valence-corrected chi connectivity index (χ1v) is 12.2. The predicted octanol–water partition coefficient (Wildman–Crippen LogP) is 6.14. The molecular formula is C24H20Br2Cl2O3. The van der Waals surface area contributed by atoms with Crippen molar-refractivity contribution in [3.8, 4) is 5.75 Å². The van der Waals surface area contributed by atoms with Crippen molar-refractivity contribution in [2.24, 2.45) is 0 Å². The second-order valence-corrected chi connectivity index (χ2v) is 9.90. The van der Waals surface area contributed by atoms with Crippen LogP contribution in [0.25, 0.3) is 20.8 Å². The van der Waals surface area contributed by atoms with Crippen LogP contribution in [0.15, 0.2) is 46.9 Å². The Morgan fingerprint density at radius 2 is 1.65 bits per heavy atom. The molecular weight excluding hydrogens is 567 g/mol. The van der Waals surface area contributed by atoms with Crippen molar-refractivity contribution in [2.75, 3.05) is 13.2 Å². The minimum atomic E-state index is -1.55. The molecule has 162 valence electrons. The number of fused-ring (bicyclic) bond motifs is 2. The molecule has 3 aromatic carbocycles. The largest absolute Gasteiger partial charge is 0.493 e. The highest BCUT2D eigenvalue weighted by Gasteiger charge is 2.39. The number of ether oxygens (including phenoxy) is 2. The normalized spacial score (nSPS) is 18.4. The van der Waals surface area contributed by atoms with Gasteiger partial charge in [0.1, 0.15) is 5.75 Å². The summed E-state index contributed by atoms with van der Waals surface area (Å²) in [6, 6.07) is 13.2. The van der Waals surface area contributed by atoms with Gasteiger partial charge < -0.3 is 14.6 Å². The average molecular weight is 587 g/mol. The Balaban J connectivity index is 2.25. The van der Waals surface area contributed by atoms with E-state index < -0.39 is 5.79 Å². The first-order valence-electron chi connectivity index (χ1n) is 9.89. The van der Waals surface area contributed by atoms with Crippen LogP contribution in [0, 0.1) is 0 Å². The topological polar surface area (TPSA) is 38.7 Å². The minimum Gasteiger partial charge on any atom is -0.493 e. The fourth-order valence-electron chi connectivity index (χ4n) is 4.11. The van der Waals surface area contributed by atoms with E-state index in [-0.39, 0.29) is 6.42 Å². The van der Waals surface area contributed by atoms with Gasteiger partial charge in [-0.25, -0.2) is 0 Å². The zero-order chi connectivity index (χ0) is 22.3. The maximum absolute atomic E-state index is 11.8. The molecule has 31 heavy (non-hydrogen) atoms. The van der Waals surface area contributed by atoms with Crippen LogP contribution in [0.5, 0.6) is 5.75 Å². The van der Waals surface area contributed by atoms with Crippen molar-refractivity contribution in [2.45, 2.75) is 26.1 Å². The lowest BCUT2D eigenvalue weighted by atomic mass is 9.85. The third-order valence-electron chi connectivity index (χ3n) is 5.27. The summed E-state index contributed by atoms with van der Waals surface area (Å²) in [7, 11) is 0. The highest BCUT2D eigenvalue weighted by atomic mass is 79.9. The molecule has 7 heteroatoms. The Kier molecular flexibility index (Phi) is 6.74. The summed E-state index contributed by atoms with van der Waals surface area (Å²) >= 11 is 19.9. The zero-order valence-corrected chi connectivity index (χ0v) is 21.6. The number of hydrogen-bond donors (Lipinski definition) is 1. The number of rotatable bonds is 5. The van der Waals surface area contributed by atoms with Crippen molar-refractivity contribution in [3.63, 3.8) is 0 Å². The Hall–Kier alpha value is -1.08. The van der Waals surface area contributed by atoms with E-state index in [2.05, 4.69) is 31.9 Å². The highest BCUT2D eigenvalue weighted by Crippen LogP contribution is 2.45. The first kappa shape index (κ1) is 23.1. The molecule has 0 amide bonds. The van der Waals surface area contributed by atoms with E-state index in [9.17, 15) is 5.11 Å². The van der Waals surface area contributed by atoms with E-state index >= 15 is 0 Å². The molecule has 0 aliphatic heterocycles. The van der Waals surface area contributed by atoms with Crippen molar-refractivity contribution in [3.05, 3.63) is 73.0 Å². The summed E-state index contributed by atoms with van der Waals surface area (Å²) in [6.45, 7) is 4.61. The van der Waals surface area contributed by atoms with E-state index in [1.165, 1.54) is 0 Å². The molecule has 1 N–H and O–H groups in total. The summed E-state index contributed by atoms with van der Waals surface area (Å²) < 4.78 is 13.7. The number of aliphatic hydroxyl groups is 1. The van der Waals surface area contributed by atoms with Gasteiger partial charge in [-0.15, -0.1) is 0 Å². The molecule has 0 bridgehead atoms. The fraction of sp³-hybridized carbons (Fsp3) is 0.250. The molecule has 3 aromatic rings. The van der Waals surface area contributed by atoms with Gasteiger partial charge in [0.2, 0.25) is 0 Å². The van der Waals surface area contributed by atoms with Gasteiger partial charge in [-0.2, -0.15) is 0 Å². The van der Waals surface area contributed by atoms with Crippen LogP contribution in [0.3, 0.4) is 0 Å². The quantitative estimate of drug-likeness (QED) is 0.365. The monoisotopic (exact) mass is 584 g/mol. The molecule has 3 nitrogen and oxygen atoms in total. The van der Waals surface area contributed by atoms with Gasteiger partial charge in [0.15, 0.2) is 5.79 Å². The predicted molar refractivity (Wildman–Crippen MR) is 135 cm³/mol. The second kappa shape index (κ2) is 9.05. The van der Waals surface area contributed by atoms with Crippen molar-refractivity contribution < 1.29 is 14.6 Å². The third kappa shape index (κ3) is 4.17.